The van der Waals surface area contributed by atoms with Crippen LogP contribution in [0.2, 0.25) is 0 Å². The van der Waals surface area contributed by atoms with Crippen LogP contribution in [0, 0.1) is 12.7 Å². The SMILES string of the molecule is Cc1cc(F)c(-c2cnn(C3CC(O)C3)c2)cc1NC(=O)c1cnn2ccccc12. The summed E-state index contributed by atoms with van der Waals surface area (Å²) in [5.41, 5.74) is 3.27. The molecule has 0 unspecified atom stereocenters. The summed E-state index contributed by atoms with van der Waals surface area (Å²) in [7, 11) is 0. The highest BCUT2D eigenvalue weighted by Gasteiger charge is 2.29. The first-order valence-electron chi connectivity index (χ1n) is 9.76. The first-order chi connectivity index (χ1) is 14.5. The van der Waals surface area contributed by atoms with Crippen molar-refractivity contribution in [2.75, 3.05) is 5.32 Å². The monoisotopic (exact) mass is 405 g/mol. The van der Waals surface area contributed by atoms with Gasteiger partial charge in [0.2, 0.25) is 0 Å². The minimum absolute atomic E-state index is 0.136. The number of aliphatic hydroxyl groups is 1. The van der Waals surface area contributed by atoms with Gasteiger partial charge in [0.15, 0.2) is 0 Å². The van der Waals surface area contributed by atoms with Gasteiger partial charge in [0.25, 0.3) is 5.91 Å². The Labute approximate surface area is 171 Å². The van der Waals surface area contributed by atoms with E-state index in [1.807, 2.05) is 18.2 Å². The third-order valence-electron chi connectivity index (χ3n) is 5.61. The van der Waals surface area contributed by atoms with E-state index in [0.29, 0.717) is 46.3 Å². The van der Waals surface area contributed by atoms with Crippen molar-refractivity contribution in [1.82, 2.24) is 19.4 Å². The molecule has 0 spiro atoms. The van der Waals surface area contributed by atoms with E-state index in [1.165, 1.54) is 12.3 Å². The van der Waals surface area contributed by atoms with Gasteiger partial charge < -0.3 is 10.4 Å². The Morgan fingerprint density at radius 2 is 2.07 bits per heavy atom. The van der Waals surface area contributed by atoms with E-state index < -0.39 is 0 Å². The number of halogens is 1. The van der Waals surface area contributed by atoms with Gasteiger partial charge in [0.1, 0.15) is 5.82 Å². The highest BCUT2D eigenvalue weighted by atomic mass is 19.1. The van der Waals surface area contributed by atoms with Gasteiger partial charge in [-0.3, -0.25) is 9.48 Å². The number of nitrogens with zero attached hydrogens (tertiary/aromatic N) is 4. The number of nitrogens with one attached hydrogen (secondary N) is 1. The summed E-state index contributed by atoms with van der Waals surface area (Å²) < 4.78 is 18.1. The van der Waals surface area contributed by atoms with Crippen LogP contribution in [0.4, 0.5) is 10.1 Å². The lowest BCUT2D eigenvalue weighted by atomic mass is 9.90. The number of pyridine rings is 1. The number of amides is 1. The van der Waals surface area contributed by atoms with Crippen LogP contribution in [0.15, 0.2) is 55.1 Å². The van der Waals surface area contributed by atoms with Crippen molar-refractivity contribution < 1.29 is 14.3 Å². The predicted molar refractivity (Wildman–Crippen MR) is 110 cm³/mol. The molecule has 1 saturated carbocycles. The summed E-state index contributed by atoms with van der Waals surface area (Å²) in [4.78, 5) is 12.8. The summed E-state index contributed by atoms with van der Waals surface area (Å²) in [5, 5.41) is 20.9. The Morgan fingerprint density at radius 3 is 2.87 bits per heavy atom. The number of hydrogen-bond acceptors (Lipinski definition) is 4. The second-order valence-electron chi connectivity index (χ2n) is 7.68. The molecule has 0 atom stereocenters. The fourth-order valence-corrected chi connectivity index (χ4v) is 3.78. The number of carbonyl (C=O) groups excluding carboxylic acids is 1. The minimum Gasteiger partial charge on any atom is -0.393 e. The van der Waals surface area contributed by atoms with Crippen molar-refractivity contribution in [1.29, 1.82) is 0 Å². The first kappa shape index (κ1) is 18.5. The molecule has 1 aliphatic carbocycles. The molecule has 2 N–H and O–H groups in total. The van der Waals surface area contributed by atoms with Crippen LogP contribution in [0.5, 0.6) is 0 Å². The fraction of sp³-hybridized carbons (Fsp3) is 0.227. The van der Waals surface area contributed by atoms with Crippen LogP contribution in [-0.2, 0) is 0 Å². The second-order valence-corrected chi connectivity index (χ2v) is 7.68. The molecule has 30 heavy (non-hydrogen) atoms. The molecule has 5 rings (SSSR count). The maximum Gasteiger partial charge on any atom is 0.259 e. The Balaban J connectivity index is 1.44. The molecule has 0 radical (unpaired) electrons. The molecule has 0 saturated heterocycles. The lowest BCUT2D eigenvalue weighted by Crippen LogP contribution is -2.30. The van der Waals surface area contributed by atoms with Gasteiger partial charge in [0, 0.05) is 29.2 Å². The van der Waals surface area contributed by atoms with Crippen LogP contribution in [0.25, 0.3) is 16.6 Å². The highest BCUT2D eigenvalue weighted by molar-refractivity contribution is 6.09. The normalized spacial score (nSPS) is 18.4. The van der Waals surface area contributed by atoms with Gasteiger partial charge >= 0.3 is 0 Å². The summed E-state index contributed by atoms with van der Waals surface area (Å²) >= 11 is 0. The van der Waals surface area contributed by atoms with Crippen molar-refractivity contribution >= 4 is 17.1 Å². The number of benzene rings is 1. The van der Waals surface area contributed by atoms with E-state index in [0.717, 1.165) is 0 Å². The predicted octanol–water partition coefficient (Wildman–Crippen LogP) is 3.59. The molecule has 1 aliphatic rings. The Kier molecular flexibility index (Phi) is 4.36. The highest BCUT2D eigenvalue weighted by Crippen LogP contribution is 2.34. The van der Waals surface area contributed by atoms with Gasteiger partial charge in [-0.25, -0.2) is 8.91 Å². The zero-order valence-electron chi connectivity index (χ0n) is 16.3. The van der Waals surface area contributed by atoms with Gasteiger partial charge in [-0.1, -0.05) is 6.07 Å². The molecular weight excluding hydrogens is 385 g/mol. The lowest BCUT2D eigenvalue weighted by Gasteiger charge is -2.31. The summed E-state index contributed by atoms with van der Waals surface area (Å²) in [5.74, 6) is -0.689. The van der Waals surface area contributed by atoms with Crippen molar-refractivity contribution in [2.24, 2.45) is 0 Å². The van der Waals surface area contributed by atoms with E-state index in [4.69, 9.17) is 0 Å². The number of aryl methyl sites for hydroxylation is 1. The number of anilines is 1. The Morgan fingerprint density at radius 1 is 1.23 bits per heavy atom. The maximum absolute atomic E-state index is 14.7. The van der Waals surface area contributed by atoms with Crippen LogP contribution < -0.4 is 5.32 Å². The third-order valence-corrected chi connectivity index (χ3v) is 5.61. The topological polar surface area (TPSA) is 84.5 Å². The van der Waals surface area contributed by atoms with Crippen molar-refractivity contribution in [3.05, 3.63) is 72.1 Å². The Hall–Kier alpha value is -3.52. The molecule has 1 aromatic carbocycles. The molecule has 8 heteroatoms. The fourth-order valence-electron chi connectivity index (χ4n) is 3.78. The van der Waals surface area contributed by atoms with E-state index in [9.17, 15) is 14.3 Å². The standard InChI is InChI=1S/C22H20FN5O2/c1-13-6-19(23)17(14-10-24-28(12-14)15-7-16(29)8-15)9-20(13)26-22(30)18-11-25-27-5-3-2-4-21(18)27/h2-6,9-12,15-16,29H,7-8H2,1H3,(H,26,30). The van der Waals surface area contributed by atoms with E-state index in [1.54, 1.807) is 40.8 Å². The van der Waals surface area contributed by atoms with Gasteiger partial charge in [-0.15, -0.1) is 0 Å². The number of aromatic nitrogens is 4. The zero-order chi connectivity index (χ0) is 20.8. The zero-order valence-corrected chi connectivity index (χ0v) is 16.3. The summed E-state index contributed by atoms with van der Waals surface area (Å²) in [6, 6.07) is 8.67. The number of rotatable bonds is 4. The quantitative estimate of drug-likeness (QED) is 0.543. The number of fused-ring (bicyclic) bond motifs is 1. The van der Waals surface area contributed by atoms with Crippen LogP contribution in [-0.4, -0.2) is 36.5 Å². The molecule has 4 aromatic rings. The average Bonchev–Trinajstić information content (AvgIpc) is 3.34. The van der Waals surface area contributed by atoms with Crippen molar-refractivity contribution in [2.45, 2.75) is 31.9 Å². The van der Waals surface area contributed by atoms with Crippen LogP contribution >= 0.6 is 0 Å². The maximum atomic E-state index is 14.7. The molecular formula is C22H20FN5O2. The van der Waals surface area contributed by atoms with E-state index in [2.05, 4.69) is 15.5 Å². The number of aliphatic hydroxyl groups excluding tert-OH is 1. The average molecular weight is 405 g/mol. The molecule has 0 bridgehead atoms. The number of hydrogen-bond donors (Lipinski definition) is 2. The van der Waals surface area contributed by atoms with Crippen molar-refractivity contribution in [3.63, 3.8) is 0 Å². The van der Waals surface area contributed by atoms with Gasteiger partial charge in [-0.2, -0.15) is 10.2 Å². The molecule has 1 amide bonds. The van der Waals surface area contributed by atoms with E-state index in [-0.39, 0.29) is 23.9 Å². The summed E-state index contributed by atoms with van der Waals surface area (Å²) in [6.07, 6.45) is 7.68. The van der Waals surface area contributed by atoms with Crippen molar-refractivity contribution in [3.8, 4) is 11.1 Å². The molecule has 3 aromatic heterocycles. The van der Waals surface area contributed by atoms with Gasteiger partial charge in [0.05, 0.1) is 35.6 Å². The molecule has 1 fully saturated rings. The van der Waals surface area contributed by atoms with Crippen LogP contribution in [0.3, 0.4) is 0 Å². The molecule has 3 heterocycles. The molecule has 0 aliphatic heterocycles. The third kappa shape index (κ3) is 3.15. The van der Waals surface area contributed by atoms with Gasteiger partial charge in [-0.05, 0) is 49.6 Å². The second kappa shape index (κ2) is 7.07. The first-order valence-corrected chi connectivity index (χ1v) is 9.76. The molecule has 152 valence electrons. The summed E-state index contributed by atoms with van der Waals surface area (Å²) in [6.45, 7) is 1.75. The smallest absolute Gasteiger partial charge is 0.259 e. The van der Waals surface area contributed by atoms with E-state index >= 15 is 0 Å². The Bertz CT molecular complexity index is 1260. The number of carbonyl (C=O) groups is 1. The van der Waals surface area contributed by atoms with Crippen LogP contribution in [0.1, 0.15) is 34.8 Å². The minimum atomic E-state index is -0.380. The molecule has 7 nitrogen and oxygen atoms in total. The lowest BCUT2D eigenvalue weighted by molar-refractivity contribution is 0.0434. The largest absolute Gasteiger partial charge is 0.393 e.